The zero-order valence-corrected chi connectivity index (χ0v) is 21.3. The van der Waals surface area contributed by atoms with Crippen molar-refractivity contribution < 1.29 is 14.4 Å². The van der Waals surface area contributed by atoms with Crippen LogP contribution >= 0.6 is 27.3 Å². The average molecular weight is 555 g/mol. The summed E-state index contributed by atoms with van der Waals surface area (Å²) in [6.45, 7) is 4.79. The standard InChI is InChI=1S/C24H23BrN6O3S/c25-19-10-17-21(26-13-27-23(17)35-19)30-7-5-29(6-8-30)11-14-1-2-16-15(9-14)12-31(24(16)34)18-3-4-20(32)28-22(18)33/h1-2,9-10,13,18H,3-8,11-12H2,(H,28,32,33). The number of hydrogen-bond donors (Lipinski definition) is 1. The summed E-state index contributed by atoms with van der Waals surface area (Å²) < 4.78 is 1.05. The quantitative estimate of drug-likeness (QED) is 0.495. The second-order valence-electron chi connectivity index (χ2n) is 9.12. The summed E-state index contributed by atoms with van der Waals surface area (Å²) in [5.74, 6) is 0.202. The third-order valence-electron chi connectivity index (χ3n) is 6.94. The number of hydrogen-bond acceptors (Lipinski definition) is 8. The smallest absolute Gasteiger partial charge is 0.255 e. The Labute approximate surface area is 214 Å². The lowest BCUT2D eigenvalue weighted by Crippen LogP contribution is -2.52. The van der Waals surface area contributed by atoms with Crippen molar-refractivity contribution in [3.8, 4) is 0 Å². The molecule has 3 amide bonds. The van der Waals surface area contributed by atoms with Crippen LogP contribution in [-0.2, 0) is 22.7 Å². The number of imide groups is 1. The van der Waals surface area contributed by atoms with E-state index in [-0.39, 0.29) is 24.1 Å². The van der Waals surface area contributed by atoms with Gasteiger partial charge < -0.3 is 9.80 Å². The Morgan fingerprint density at radius 1 is 1.09 bits per heavy atom. The number of piperidine rings is 1. The molecule has 0 radical (unpaired) electrons. The van der Waals surface area contributed by atoms with E-state index in [4.69, 9.17) is 0 Å². The highest BCUT2D eigenvalue weighted by molar-refractivity contribution is 9.11. The molecule has 3 aliphatic rings. The van der Waals surface area contributed by atoms with E-state index in [2.05, 4.69) is 53.1 Å². The minimum absolute atomic E-state index is 0.133. The Bertz CT molecular complexity index is 1350. The van der Waals surface area contributed by atoms with Gasteiger partial charge in [-0.1, -0.05) is 12.1 Å². The first-order chi connectivity index (χ1) is 17.0. The van der Waals surface area contributed by atoms with Crippen LogP contribution in [-0.4, -0.2) is 69.7 Å². The van der Waals surface area contributed by atoms with Crippen LogP contribution < -0.4 is 10.2 Å². The third-order valence-corrected chi connectivity index (χ3v) is 8.49. The van der Waals surface area contributed by atoms with Gasteiger partial charge in [0.1, 0.15) is 23.0 Å². The van der Waals surface area contributed by atoms with E-state index in [1.54, 1.807) is 22.6 Å². The first-order valence-corrected chi connectivity index (χ1v) is 13.2. The van der Waals surface area contributed by atoms with Gasteiger partial charge in [-0.05, 0) is 45.6 Å². The van der Waals surface area contributed by atoms with E-state index in [9.17, 15) is 14.4 Å². The number of aromatic nitrogens is 2. The molecule has 2 aromatic heterocycles. The Morgan fingerprint density at radius 3 is 2.71 bits per heavy atom. The number of amides is 3. The Hall–Kier alpha value is -2.89. The number of nitrogens with zero attached hydrogens (tertiary/aromatic N) is 5. The van der Waals surface area contributed by atoms with Gasteiger partial charge in [-0.3, -0.25) is 24.6 Å². The summed E-state index contributed by atoms with van der Waals surface area (Å²) in [5.41, 5.74) is 2.75. The summed E-state index contributed by atoms with van der Waals surface area (Å²) in [7, 11) is 0. The fourth-order valence-corrected chi connectivity index (χ4v) is 6.58. The first-order valence-electron chi connectivity index (χ1n) is 11.6. The number of carbonyl (C=O) groups is 3. The van der Waals surface area contributed by atoms with Crippen LogP contribution in [0.4, 0.5) is 5.82 Å². The SMILES string of the molecule is O=C1CCC(N2Cc3cc(CN4CCN(c5ncnc6sc(Br)cc56)CC4)ccc3C2=O)C(=O)N1. The molecule has 3 aromatic rings. The molecule has 35 heavy (non-hydrogen) atoms. The van der Waals surface area contributed by atoms with Crippen LogP contribution in [0, 0.1) is 0 Å². The molecule has 0 saturated carbocycles. The van der Waals surface area contributed by atoms with Gasteiger partial charge in [0, 0.05) is 51.3 Å². The molecule has 0 spiro atoms. The van der Waals surface area contributed by atoms with Crippen molar-refractivity contribution in [2.24, 2.45) is 0 Å². The molecule has 1 atom stereocenters. The summed E-state index contributed by atoms with van der Waals surface area (Å²) in [6, 6.07) is 7.48. The van der Waals surface area contributed by atoms with Crippen LogP contribution in [0.25, 0.3) is 10.2 Å². The van der Waals surface area contributed by atoms with Crippen molar-refractivity contribution in [3.05, 3.63) is 51.1 Å². The topological polar surface area (TPSA) is 98.7 Å². The van der Waals surface area contributed by atoms with Crippen LogP contribution in [0.5, 0.6) is 0 Å². The zero-order chi connectivity index (χ0) is 24.1. The Kier molecular flexibility index (Phi) is 5.78. The minimum Gasteiger partial charge on any atom is -0.353 e. The molecule has 9 nitrogen and oxygen atoms in total. The lowest BCUT2D eigenvalue weighted by Gasteiger charge is -2.35. The second kappa shape index (κ2) is 8.96. The van der Waals surface area contributed by atoms with Gasteiger partial charge in [0.05, 0.1) is 9.17 Å². The predicted octanol–water partition coefficient (Wildman–Crippen LogP) is 2.54. The maximum absolute atomic E-state index is 12.9. The van der Waals surface area contributed by atoms with Gasteiger partial charge in [0.15, 0.2) is 0 Å². The molecule has 2 saturated heterocycles. The van der Waals surface area contributed by atoms with Crippen molar-refractivity contribution >= 4 is 61.0 Å². The molecule has 5 heterocycles. The number of halogens is 1. The molecule has 0 bridgehead atoms. The predicted molar refractivity (Wildman–Crippen MR) is 135 cm³/mol. The molecule has 6 rings (SSSR count). The van der Waals surface area contributed by atoms with Gasteiger partial charge in [-0.25, -0.2) is 9.97 Å². The number of benzene rings is 1. The van der Waals surface area contributed by atoms with Crippen LogP contribution in [0.3, 0.4) is 0 Å². The summed E-state index contributed by atoms with van der Waals surface area (Å²) in [5, 5.41) is 3.44. The van der Waals surface area contributed by atoms with Gasteiger partial charge in [0.2, 0.25) is 11.8 Å². The van der Waals surface area contributed by atoms with Gasteiger partial charge >= 0.3 is 0 Å². The van der Waals surface area contributed by atoms with Gasteiger partial charge in [0.25, 0.3) is 5.91 Å². The molecule has 0 aliphatic carbocycles. The maximum atomic E-state index is 12.9. The van der Waals surface area contributed by atoms with Crippen molar-refractivity contribution in [3.63, 3.8) is 0 Å². The molecular formula is C24H23BrN6O3S. The van der Waals surface area contributed by atoms with Crippen molar-refractivity contribution in [2.45, 2.75) is 32.0 Å². The highest BCUT2D eigenvalue weighted by atomic mass is 79.9. The van der Waals surface area contributed by atoms with Crippen LogP contribution in [0.1, 0.15) is 34.3 Å². The number of carbonyl (C=O) groups excluding carboxylic acids is 3. The number of thiophene rings is 1. The van der Waals surface area contributed by atoms with Gasteiger partial charge in [-0.2, -0.15) is 0 Å². The third kappa shape index (κ3) is 4.21. The molecule has 1 aromatic carbocycles. The van der Waals surface area contributed by atoms with Crippen LogP contribution in [0.15, 0.2) is 34.4 Å². The Balaban J connectivity index is 1.11. The number of anilines is 1. The van der Waals surface area contributed by atoms with Crippen molar-refractivity contribution in [2.75, 3.05) is 31.1 Å². The van der Waals surface area contributed by atoms with Crippen LogP contribution in [0.2, 0.25) is 0 Å². The molecular weight excluding hydrogens is 532 g/mol. The van der Waals surface area contributed by atoms with E-state index >= 15 is 0 Å². The minimum atomic E-state index is -0.582. The summed E-state index contributed by atoms with van der Waals surface area (Å²) in [4.78, 5) is 52.9. The van der Waals surface area contributed by atoms with E-state index in [0.29, 0.717) is 18.5 Å². The molecule has 3 aliphatic heterocycles. The maximum Gasteiger partial charge on any atom is 0.255 e. The van der Waals surface area contributed by atoms with Crippen molar-refractivity contribution in [1.29, 1.82) is 0 Å². The lowest BCUT2D eigenvalue weighted by atomic mass is 10.0. The first kappa shape index (κ1) is 22.6. The fourth-order valence-electron chi connectivity index (χ4n) is 5.17. The Morgan fingerprint density at radius 2 is 1.91 bits per heavy atom. The van der Waals surface area contributed by atoms with E-state index in [0.717, 1.165) is 63.7 Å². The van der Waals surface area contributed by atoms with E-state index < -0.39 is 6.04 Å². The molecule has 1 unspecified atom stereocenters. The number of nitrogens with one attached hydrogen (secondary N) is 1. The second-order valence-corrected chi connectivity index (χ2v) is 11.5. The monoisotopic (exact) mass is 554 g/mol. The summed E-state index contributed by atoms with van der Waals surface area (Å²) in [6.07, 6.45) is 2.28. The molecule has 2 fully saturated rings. The molecule has 11 heteroatoms. The highest BCUT2D eigenvalue weighted by Crippen LogP contribution is 2.34. The normalized spacial score (nSPS) is 21.1. The largest absolute Gasteiger partial charge is 0.353 e. The van der Waals surface area contributed by atoms with Crippen molar-refractivity contribution in [1.82, 2.24) is 25.1 Å². The molecule has 180 valence electrons. The summed E-state index contributed by atoms with van der Waals surface area (Å²) >= 11 is 5.17. The van der Waals surface area contributed by atoms with E-state index in [1.165, 1.54) is 0 Å². The number of piperazine rings is 1. The average Bonchev–Trinajstić information content (AvgIpc) is 3.38. The highest BCUT2D eigenvalue weighted by Gasteiger charge is 2.39. The number of rotatable bonds is 4. The fraction of sp³-hybridized carbons (Fsp3) is 0.375. The van der Waals surface area contributed by atoms with E-state index in [1.807, 2.05) is 12.1 Å². The lowest BCUT2D eigenvalue weighted by molar-refractivity contribution is -0.136. The zero-order valence-electron chi connectivity index (χ0n) is 18.9. The molecule has 1 N–H and O–H groups in total. The number of fused-ring (bicyclic) bond motifs is 2. The van der Waals surface area contributed by atoms with Gasteiger partial charge in [-0.15, -0.1) is 11.3 Å².